The van der Waals surface area contributed by atoms with Crippen molar-refractivity contribution in [3.05, 3.63) is 59.7 Å². The van der Waals surface area contributed by atoms with Crippen molar-refractivity contribution in [1.29, 1.82) is 5.41 Å². The molecule has 0 bridgehead atoms. The van der Waals surface area contributed by atoms with E-state index in [0.717, 1.165) is 5.56 Å². The monoisotopic (exact) mass is 256 g/mol. The first-order valence-corrected chi connectivity index (χ1v) is 5.90. The van der Waals surface area contributed by atoms with Crippen LogP contribution in [0.4, 0.5) is 0 Å². The fourth-order valence-electron chi connectivity index (χ4n) is 1.77. The van der Waals surface area contributed by atoms with Gasteiger partial charge in [-0.2, -0.15) is 0 Å². The highest BCUT2D eigenvalue weighted by molar-refractivity contribution is 5.97. The van der Waals surface area contributed by atoms with Gasteiger partial charge in [-0.1, -0.05) is 24.3 Å². The Hall–Kier alpha value is -2.33. The van der Waals surface area contributed by atoms with Gasteiger partial charge in [0, 0.05) is 7.11 Å². The summed E-state index contributed by atoms with van der Waals surface area (Å²) in [4.78, 5) is 0. The molecule has 4 nitrogen and oxygen atoms in total. The highest BCUT2D eigenvalue weighted by Gasteiger charge is 2.07. The van der Waals surface area contributed by atoms with Crippen LogP contribution in [0.15, 0.2) is 48.5 Å². The minimum Gasteiger partial charge on any atom is -0.457 e. The van der Waals surface area contributed by atoms with E-state index < -0.39 is 0 Å². The number of methoxy groups -OCH3 is 1. The number of rotatable bonds is 5. The first-order valence-electron chi connectivity index (χ1n) is 5.90. The van der Waals surface area contributed by atoms with Gasteiger partial charge < -0.3 is 15.2 Å². The molecule has 0 aromatic heterocycles. The first-order chi connectivity index (χ1) is 9.20. The quantitative estimate of drug-likeness (QED) is 0.638. The van der Waals surface area contributed by atoms with E-state index in [-0.39, 0.29) is 5.84 Å². The highest BCUT2D eigenvalue weighted by Crippen LogP contribution is 2.25. The van der Waals surface area contributed by atoms with Crippen molar-refractivity contribution in [2.24, 2.45) is 5.73 Å². The summed E-state index contributed by atoms with van der Waals surface area (Å²) in [6.07, 6.45) is 0. The van der Waals surface area contributed by atoms with E-state index in [9.17, 15) is 0 Å². The van der Waals surface area contributed by atoms with Gasteiger partial charge in [0.15, 0.2) is 0 Å². The minimum absolute atomic E-state index is 0.0105. The summed E-state index contributed by atoms with van der Waals surface area (Å²) < 4.78 is 10.9. The van der Waals surface area contributed by atoms with E-state index in [4.69, 9.17) is 20.6 Å². The molecule has 0 aliphatic heterocycles. The van der Waals surface area contributed by atoms with Crippen LogP contribution in [0.5, 0.6) is 11.5 Å². The number of amidine groups is 1. The molecule has 0 saturated carbocycles. The summed E-state index contributed by atoms with van der Waals surface area (Å²) in [7, 11) is 1.65. The molecule has 4 heteroatoms. The lowest BCUT2D eigenvalue weighted by Crippen LogP contribution is -2.12. The van der Waals surface area contributed by atoms with Gasteiger partial charge in [-0.05, 0) is 29.8 Å². The fourth-order valence-corrected chi connectivity index (χ4v) is 1.77. The number of benzene rings is 2. The number of hydrogen-bond acceptors (Lipinski definition) is 3. The van der Waals surface area contributed by atoms with E-state index in [0.29, 0.717) is 23.7 Å². The minimum atomic E-state index is -0.0105. The molecule has 0 aliphatic carbocycles. The number of nitrogens with one attached hydrogen (secondary N) is 1. The van der Waals surface area contributed by atoms with Crippen molar-refractivity contribution < 1.29 is 9.47 Å². The normalized spacial score (nSPS) is 10.2. The van der Waals surface area contributed by atoms with Crippen LogP contribution in [0.1, 0.15) is 11.1 Å². The smallest absolute Gasteiger partial charge is 0.138 e. The molecule has 2 aromatic carbocycles. The molecule has 2 aromatic rings. The fraction of sp³-hybridized carbons (Fsp3) is 0.133. The topological polar surface area (TPSA) is 68.3 Å². The summed E-state index contributed by atoms with van der Waals surface area (Å²) in [6.45, 7) is 0.533. The van der Waals surface area contributed by atoms with E-state index >= 15 is 0 Å². The number of nitrogens with two attached hydrogens (primary N) is 1. The van der Waals surface area contributed by atoms with Crippen LogP contribution in [0.3, 0.4) is 0 Å². The van der Waals surface area contributed by atoms with Gasteiger partial charge in [0.05, 0.1) is 12.2 Å². The predicted octanol–water partition coefficient (Wildman–Crippen LogP) is 2.91. The Morgan fingerprint density at radius 2 is 1.95 bits per heavy atom. The Morgan fingerprint density at radius 1 is 1.16 bits per heavy atom. The number of ether oxygens (including phenoxy) is 2. The highest BCUT2D eigenvalue weighted by atomic mass is 16.5. The molecule has 3 N–H and O–H groups in total. The van der Waals surface area contributed by atoms with Gasteiger partial charge in [-0.15, -0.1) is 0 Å². The molecule has 0 amide bonds. The maximum Gasteiger partial charge on any atom is 0.138 e. The van der Waals surface area contributed by atoms with Crippen molar-refractivity contribution in [3.8, 4) is 11.5 Å². The maximum atomic E-state index is 7.53. The van der Waals surface area contributed by atoms with Gasteiger partial charge in [0.2, 0.25) is 0 Å². The molecule has 0 spiro atoms. The predicted molar refractivity (Wildman–Crippen MR) is 74.7 cm³/mol. The largest absolute Gasteiger partial charge is 0.457 e. The zero-order valence-electron chi connectivity index (χ0n) is 10.7. The summed E-state index contributed by atoms with van der Waals surface area (Å²) in [5.74, 6) is 1.26. The Labute approximate surface area is 112 Å². The zero-order chi connectivity index (χ0) is 13.7. The molecule has 0 heterocycles. The summed E-state index contributed by atoms with van der Waals surface area (Å²) in [6, 6.07) is 14.9. The Kier molecular flexibility index (Phi) is 4.15. The van der Waals surface area contributed by atoms with Crippen LogP contribution in [-0.4, -0.2) is 12.9 Å². The van der Waals surface area contributed by atoms with Crippen LogP contribution in [0.2, 0.25) is 0 Å². The molecular weight excluding hydrogens is 240 g/mol. The molecule has 0 unspecified atom stereocenters. The third-order valence-corrected chi connectivity index (χ3v) is 2.61. The van der Waals surface area contributed by atoms with Crippen LogP contribution < -0.4 is 10.5 Å². The van der Waals surface area contributed by atoms with Crippen LogP contribution in [0, 0.1) is 5.41 Å². The second-order valence-electron chi connectivity index (χ2n) is 4.09. The first kappa shape index (κ1) is 13.1. The average molecular weight is 256 g/mol. The Bertz CT molecular complexity index is 582. The van der Waals surface area contributed by atoms with E-state index in [1.807, 2.05) is 36.4 Å². The number of hydrogen-bond donors (Lipinski definition) is 2. The van der Waals surface area contributed by atoms with Crippen LogP contribution in [0.25, 0.3) is 0 Å². The lowest BCUT2D eigenvalue weighted by atomic mass is 10.2. The van der Waals surface area contributed by atoms with Crippen molar-refractivity contribution in [3.63, 3.8) is 0 Å². The second kappa shape index (κ2) is 6.02. The molecule has 2 rings (SSSR count). The number of para-hydroxylation sites is 1. The van der Waals surface area contributed by atoms with E-state index in [1.54, 1.807) is 19.2 Å². The Balaban J connectivity index is 2.26. The van der Waals surface area contributed by atoms with Crippen molar-refractivity contribution in [2.45, 2.75) is 6.61 Å². The molecule has 0 aliphatic rings. The van der Waals surface area contributed by atoms with E-state index in [2.05, 4.69) is 0 Å². The van der Waals surface area contributed by atoms with E-state index in [1.165, 1.54) is 0 Å². The molecule has 98 valence electrons. The Morgan fingerprint density at radius 3 is 2.68 bits per heavy atom. The number of nitrogen functional groups attached to an aromatic ring is 1. The van der Waals surface area contributed by atoms with Gasteiger partial charge in [-0.25, -0.2) is 0 Å². The van der Waals surface area contributed by atoms with Gasteiger partial charge in [0.1, 0.15) is 17.3 Å². The molecule has 0 radical (unpaired) electrons. The summed E-state index contributed by atoms with van der Waals surface area (Å²) in [5, 5.41) is 7.53. The van der Waals surface area contributed by atoms with Gasteiger partial charge in [0.25, 0.3) is 0 Å². The van der Waals surface area contributed by atoms with Crippen LogP contribution >= 0.6 is 0 Å². The van der Waals surface area contributed by atoms with Crippen molar-refractivity contribution in [1.82, 2.24) is 0 Å². The molecule has 0 atom stereocenters. The average Bonchev–Trinajstić information content (AvgIpc) is 2.40. The SMILES string of the molecule is COCc1cccc(Oc2ccccc2C(=N)N)c1. The molecule has 0 fully saturated rings. The van der Waals surface area contributed by atoms with Gasteiger partial charge >= 0.3 is 0 Å². The lowest BCUT2D eigenvalue weighted by molar-refractivity contribution is 0.184. The van der Waals surface area contributed by atoms with Crippen LogP contribution in [-0.2, 0) is 11.3 Å². The molecule has 19 heavy (non-hydrogen) atoms. The third kappa shape index (κ3) is 3.33. The third-order valence-electron chi connectivity index (χ3n) is 2.61. The summed E-state index contributed by atoms with van der Waals surface area (Å²) >= 11 is 0. The molecular formula is C15H16N2O2. The lowest BCUT2D eigenvalue weighted by Gasteiger charge is -2.11. The second-order valence-corrected chi connectivity index (χ2v) is 4.09. The van der Waals surface area contributed by atoms with Gasteiger partial charge in [-0.3, -0.25) is 5.41 Å². The van der Waals surface area contributed by atoms with Crippen molar-refractivity contribution in [2.75, 3.05) is 7.11 Å². The maximum absolute atomic E-state index is 7.53. The zero-order valence-corrected chi connectivity index (χ0v) is 10.7. The summed E-state index contributed by atoms with van der Waals surface area (Å²) in [5.41, 5.74) is 7.14. The standard InChI is InChI=1S/C15H16N2O2/c1-18-10-11-5-4-6-12(9-11)19-14-8-3-2-7-13(14)15(16)17/h2-9H,10H2,1H3,(H3,16,17). The van der Waals surface area contributed by atoms with Crippen molar-refractivity contribution >= 4 is 5.84 Å². The molecule has 0 saturated heterocycles.